The Hall–Kier alpha value is -7.05. The molecule has 76 heavy (non-hydrogen) atoms. The molecule has 5 aromatic carbocycles. The van der Waals surface area contributed by atoms with E-state index in [1.165, 1.54) is 50.1 Å². The van der Waals surface area contributed by atoms with E-state index in [0.29, 0.717) is 78.9 Å². The van der Waals surface area contributed by atoms with Crippen LogP contribution in [-0.2, 0) is 43.2 Å². The number of nitrogen functional groups attached to an aromatic ring is 3. The number of Topliss-reactive ketones (excluding diaryl/α,β-unsaturated/α-hetero) is 3. The van der Waals surface area contributed by atoms with E-state index in [4.69, 9.17) is 21.9 Å². The van der Waals surface area contributed by atoms with E-state index < -0.39 is 5.97 Å². The van der Waals surface area contributed by atoms with E-state index in [-0.39, 0.29) is 73.8 Å². The van der Waals surface area contributed by atoms with Crippen LogP contribution in [0.2, 0.25) is 0 Å². The molecule has 6 rings (SSSR count). The van der Waals surface area contributed by atoms with Crippen LogP contribution in [0, 0.1) is 0 Å². The molecule has 0 aliphatic heterocycles. The van der Waals surface area contributed by atoms with Gasteiger partial charge in [0, 0.05) is 79.0 Å². The average Bonchev–Trinajstić information content (AvgIpc) is 3.73. The predicted molar refractivity (Wildman–Crippen MR) is 307 cm³/mol. The van der Waals surface area contributed by atoms with Crippen molar-refractivity contribution < 1.29 is 62.3 Å². The van der Waals surface area contributed by atoms with Gasteiger partial charge in [-0.15, -0.1) is 0 Å². The molecule has 0 saturated heterocycles. The summed E-state index contributed by atoms with van der Waals surface area (Å²) in [6, 6.07) is 32.2. The third kappa shape index (κ3) is 26.9. The van der Waals surface area contributed by atoms with Gasteiger partial charge in [-0.1, -0.05) is 123 Å². The molecule has 0 bridgehead atoms. The Bertz CT molecular complexity index is 2420. The first kappa shape index (κ1) is 75.5. The van der Waals surface area contributed by atoms with Crippen LogP contribution in [0.1, 0.15) is 167 Å². The number of nitrogens with one attached hydrogen (secondary N) is 2. The predicted octanol–water partition coefficient (Wildman–Crippen LogP) is 6.50. The maximum atomic E-state index is 11.4. The second-order valence-corrected chi connectivity index (χ2v) is 15.4. The number of hydrogen-bond acceptors (Lipinski definition) is 13. The normalized spacial score (nSPS) is 9.66. The summed E-state index contributed by atoms with van der Waals surface area (Å²) in [7, 11) is 4.71. The van der Waals surface area contributed by atoms with Crippen LogP contribution in [0.5, 0.6) is 0 Å². The summed E-state index contributed by atoms with van der Waals surface area (Å²) in [6.45, 7) is 18.7. The molecule has 0 fully saturated rings. The van der Waals surface area contributed by atoms with Gasteiger partial charge in [-0.25, -0.2) is 0 Å². The van der Waals surface area contributed by atoms with Crippen molar-refractivity contribution in [3.05, 3.63) is 148 Å². The number of carbonyl (C=O) groups excluding carboxylic acids is 7. The summed E-state index contributed by atoms with van der Waals surface area (Å²) in [5.41, 5.74) is 32.2. The minimum Gasteiger partial charge on any atom is -0.550 e. The van der Waals surface area contributed by atoms with Gasteiger partial charge < -0.3 is 48.2 Å². The van der Waals surface area contributed by atoms with E-state index in [2.05, 4.69) is 52.8 Å². The number of aryl methyl sites for hydroxylation is 3. The number of nitrogens with two attached hydrogens (primary N) is 4. The Kier molecular flexibility index (Phi) is 42.9. The molecule has 1 aliphatic rings. The number of aliphatic carboxylic acids is 1. The number of amides is 2. The average molecular weight is 1040 g/mol. The number of carbonyl (C=O) groups is 7. The Balaban J connectivity index is -0.000000433. The fraction of sp³-hybridized carbons (Fsp3) is 0.383. The van der Waals surface area contributed by atoms with Crippen LogP contribution in [-0.4, -0.2) is 68.9 Å². The number of carboxylic acid groups (broad SMARTS) is 1. The maximum absolute atomic E-state index is 11.4. The van der Waals surface area contributed by atoms with Crippen LogP contribution in [0.15, 0.2) is 103 Å². The minimum absolute atomic E-state index is 0. The maximum Gasteiger partial charge on any atom is 1.00 e. The third-order valence-corrected chi connectivity index (χ3v) is 10.6. The van der Waals surface area contributed by atoms with Crippen molar-refractivity contribution >= 4 is 58.2 Å². The smallest absolute Gasteiger partial charge is 0.550 e. The Morgan fingerprint density at radius 2 is 0.829 bits per heavy atom. The van der Waals surface area contributed by atoms with Crippen LogP contribution in [0.3, 0.4) is 0 Å². The molecule has 0 saturated carbocycles. The van der Waals surface area contributed by atoms with Gasteiger partial charge in [0.1, 0.15) is 6.61 Å². The molecular weight excluding hydrogens is 956 g/mol. The van der Waals surface area contributed by atoms with Gasteiger partial charge >= 0.3 is 24.8 Å². The number of ether oxygens (including phenoxy) is 1. The number of rotatable bonds is 15. The fourth-order valence-corrected chi connectivity index (χ4v) is 6.99. The number of benzene rings is 5. The first-order chi connectivity index (χ1) is 35.4. The molecule has 10 N–H and O–H groups in total. The monoisotopic (exact) mass is 1040 g/mol. The van der Waals surface area contributed by atoms with Crippen molar-refractivity contribution in [2.45, 2.75) is 128 Å². The number of fused-ring (bicyclic) bond motifs is 3. The molecule has 0 unspecified atom stereocenters. The molecule has 5 aromatic rings. The van der Waals surface area contributed by atoms with Crippen LogP contribution in [0.25, 0.3) is 11.1 Å². The van der Waals surface area contributed by atoms with Crippen LogP contribution < -0.4 is 57.5 Å². The molecular formula is C60H87LiN6O9. The Morgan fingerprint density at radius 3 is 1.09 bits per heavy atom. The van der Waals surface area contributed by atoms with Gasteiger partial charge in [-0.2, -0.15) is 0 Å². The minimum atomic E-state index is -1.09. The molecule has 15 nitrogen and oxygen atoms in total. The van der Waals surface area contributed by atoms with E-state index in [9.17, 15) is 38.7 Å². The van der Waals surface area contributed by atoms with E-state index in [0.717, 1.165) is 16.7 Å². The molecule has 0 heterocycles. The van der Waals surface area contributed by atoms with E-state index >= 15 is 0 Å². The molecule has 412 valence electrons. The van der Waals surface area contributed by atoms with Crippen molar-refractivity contribution in [3.8, 4) is 11.1 Å². The standard InChI is InChI=1S/C17H16O2.2C12H16N2O2.C11H13NO3.3C2H6.CH5N.CH4.Li/c1-2-17(18)19-11-16-14-9-5-3-7-12(14)13-8-4-6-10-15(13)16;2*1-8(15)10-5-3-9(7-11(10)13)4-6-12(16)14-2;1-7(13)9-4-2-8(6-10(9)12)3-5-11(14)15;4*1-2;;/h3-10,16H,2,11H2,1H3;2*3,5,7H,4,6,13H2,1-2H3,(H,14,16);2,4,6H,3,5,12H2,1H3,(H,14,15);3*1-2H3;2H2,1H3;1H4;/q;;;;;;;;;+1/p-1. The third-order valence-electron chi connectivity index (χ3n) is 10.6. The first-order valence-corrected chi connectivity index (χ1v) is 25.1. The number of ketones is 3. The summed E-state index contributed by atoms with van der Waals surface area (Å²) in [6.07, 6.45) is 2.86. The molecule has 0 aromatic heterocycles. The topological polar surface area (TPSA) is 280 Å². The number of hydrogen-bond donors (Lipinski definition) is 6. The van der Waals surface area contributed by atoms with E-state index in [1.807, 2.05) is 72.7 Å². The summed E-state index contributed by atoms with van der Waals surface area (Å²) >= 11 is 0. The molecule has 0 atom stereocenters. The van der Waals surface area contributed by atoms with Crippen LogP contribution >= 0.6 is 0 Å². The van der Waals surface area contributed by atoms with Gasteiger partial charge in [0.15, 0.2) is 17.3 Å². The van der Waals surface area contributed by atoms with Crippen LogP contribution in [0.4, 0.5) is 17.1 Å². The van der Waals surface area contributed by atoms with Crippen molar-refractivity contribution in [3.63, 3.8) is 0 Å². The SMILES string of the molecule is C.CC.CC.CC.CC(=O)c1ccc(CCC(=O)[O-])cc1N.CCC(=O)OCC1c2ccccc2-c2ccccc21.CN.CNC(=O)CCc1ccc(C(C)=O)c(N)c1.CNC(=O)CCc1ccc(C(C)=O)c(N)c1.[Li+]. The van der Waals surface area contributed by atoms with Gasteiger partial charge in [-0.05, 0) is 129 Å². The second kappa shape index (κ2) is 43.2. The van der Waals surface area contributed by atoms with Gasteiger partial charge in [0.05, 0.1) is 0 Å². The number of anilines is 3. The quantitative estimate of drug-likeness (QED) is 0.0283. The zero-order valence-corrected chi connectivity index (χ0v) is 47.0. The molecule has 1 aliphatic carbocycles. The van der Waals surface area contributed by atoms with Crippen molar-refractivity contribution in [1.82, 2.24) is 10.6 Å². The molecule has 0 radical (unpaired) electrons. The molecule has 0 spiro atoms. The van der Waals surface area contributed by atoms with Gasteiger partial charge in [0.2, 0.25) is 11.8 Å². The van der Waals surface area contributed by atoms with E-state index in [1.54, 1.807) is 56.6 Å². The second-order valence-electron chi connectivity index (χ2n) is 15.4. The zero-order valence-electron chi connectivity index (χ0n) is 47.0. The molecule has 2 amide bonds. The summed E-state index contributed by atoms with van der Waals surface area (Å²) in [4.78, 5) is 77.1. The first-order valence-electron chi connectivity index (χ1n) is 25.1. The largest absolute Gasteiger partial charge is 1.00 e. The Morgan fingerprint density at radius 1 is 0.526 bits per heavy atom. The fourth-order valence-electron chi connectivity index (χ4n) is 6.99. The number of carboxylic acids is 1. The van der Waals surface area contributed by atoms with Crippen molar-refractivity contribution in [2.24, 2.45) is 5.73 Å². The summed E-state index contributed by atoms with van der Waals surface area (Å²) in [5, 5.41) is 15.3. The van der Waals surface area contributed by atoms with Gasteiger partial charge in [0.25, 0.3) is 0 Å². The van der Waals surface area contributed by atoms with Crippen molar-refractivity contribution in [1.29, 1.82) is 0 Å². The van der Waals surface area contributed by atoms with Gasteiger partial charge in [-0.3, -0.25) is 28.8 Å². The zero-order chi connectivity index (χ0) is 56.9. The summed E-state index contributed by atoms with van der Waals surface area (Å²) in [5.74, 6) is -1.26. The Labute approximate surface area is 465 Å². The molecule has 16 heteroatoms. The summed E-state index contributed by atoms with van der Waals surface area (Å²) < 4.78 is 5.35. The number of esters is 1. The van der Waals surface area contributed by atoms with Crippen molar-refractivity contribution in [2.75, 3.05) is 45.0 Å².